The highest BCUT2D eigenvalue weighted by atomic mass is 16.3. The van der Waals surface area contributed by atoms with Gasteiger partial charge in [0.15, 0.2) is 0 Å². The van der Waals surface area contributed by atoms with Gasteiger partial charge in [-0.15, -0.1) is 0 Å². The molecule has 0 aliphatic carbocycles. The zero-order chi connectivity index (χ0) is 8.85. The van der Waals surface area contributed by atoms with E-state index in [9.17, 15) is 9.90 Å². The molecule has 0 saturated heterocycles. The lowest BCUT2D eigenvalue weighted by molar-refractivity contribution is -0.118. The fraction of sp³-hybridized carbons (Fsp3) is 0.875. The summed E-state index contributed by atoms with van der Waals surface area (Å²) in [6.45, 7) is 4.07. The van der Waals surface area contributed by atoms with Crippen LogP contribution in [0.4, 0.5) is 0 Å². The minimum absolute atomic E-state index is 0.286. The summed E-state index contributed by atoms with van der Waals surface area (Å²) in [4.78, 5) is 10.3. The van der Waals surface area contributed by atoms with Gasteiger partial charge in [0.25, 0.3) is 0 Å². The lowest BCUT2D eigenvalue weighted by atomic mass is 10.0. The molecule has 0 fully saturated rings. The Morgan fingerprint density at radius 3 is 2.45 bits per heavy atom. The van der Waals surface area contributed by atoms with Crippen molar-refractivity contribution in [1.29, 1.82) is 0 Å². The molecule has 3 N–H and O–H groups in total. The number of carbonyl (C=O) groups is 1. The Bertz CT molecular complexity index is 123. The first-order valence-corrected chi connectivity index (χ1v) is 3.98. The lowest BCUT2D eigenvalue weighted by Crippen LogP contribution is -2.16. The van der Waals surface area contributed by atoms with Crippen molar-refractivity contribution < 1.29 is 9.90 Å². The highest BCUT2D eigenvalue weighted by molar-refractivity contribution is 5.73. The molecule has 0 aromatic carbocycles. The maximum Gasteiger partial charge on any atom is 0.217 e. The summed E-state index contributed by atoms with van der Waals surface area (Å²) < 4.78 is 0. The third kappa shape index (κ3) is 7.33. The number of hydrogen-bond acceptors (Lipinski definition) is 2. The Hall–Kier alpha value is -0.570. The van der Waals surface area contributed by atoms with Gasteiger partial charge < -0.3 is 10.8 Å². The molecule has 0 aromatic rings. The summed E-state index contributed by atoms with van der Waals surface area (Å²) in [5.74, 6) is 0.130. The number of primary amides is 1. The maximum absolute atomic E-state index is 10.3. The first-order valence-electron chi connectivity index (χ1n) is 3.98. The SMILES string of the molecule is CC(C)CC(O)CCC(N)=O. The summed E-state index contributed by atoms with van der Waals surface area (Å²) in [5.41, 5.74) is 4.92. The molecule has 3 nitrogen and oxygen atoms in total. The number of amides is 1. The molecule has 0 aromatic heterocycles. The van der Waals surface area contributed by atoms with Crippen molar-refractivity contribution in [1.82, 2.24) is 0 Å². The second kappa shape index (κ2) is 5.13. The number of aliphatic hydroxyl groups is 1. The molecule has 0 rings (SSSR count). The van der Waals surface area contributed by atoms with Crippen molar-refractivity contribution in [2.24, 2.45) is 11.7 Å². The van der Waals surface area contributed by atoms with Crippen molar-refractivity contribution in [3.63, 3.8) is 0 Å². The molecule has 0 saturated carbocycles. The average molecular weight is 159 g/mol. The van der Waals surface area contributed by atoms with Gasteiger partial charge in [0.2, 0.25) is 5.91 Å². The highest BCUT2D eigenvalue weighted by Gasteiger charge is 2.07. The molecular weight excluding hydrogens is 142 g/mol. The number of aliphatic hydroxyl groups excluding tert-OH is 1. The summed E-state index contributed by atoms with van der Waals surface area (Å²) in [7, 11) is 0. The molecule has 11 heavy (non-hydrogen) atoms. The molecule has 3 heteroatoms. The lowest BCUT2D eigenvalue weighted by Gasteiger charge is -2.10. The van der Waals surface area contributed by atoms with Crippen LogP contribution < -0.4 is 5.73 Å². The van der Waals surface area contributed by atoms with Gasteiger partial charge in [-0.3, -0.25) is 4.79 Å². The second-order valence-corrected chi connectivity index (χ2v) is 3.29. The van der Waals surface area contributed by atoms with Crippen LogP contribution >= 0.6 is 0 Å². The number of nitrogens with two attached hydrogens (primary N) is 1. The van der Waals surface area contributed by atoms with Crippen LogP contribution in [0.15, 0.2) is 0 Å². The smallest absolute Gasteiger partial charge is 0.217 e. The third-order valence-corrected chi connectivity index (χ3v) is 1.47. The molecule has 0 radical (unpaired) electrons. The summed E-state index contributed by atoms with van der Waals surface area (Å²) in [6, 6.07) is 0. The van der Waals surface area contributed by atoms with Gasteiger partial charge in [0.1, 0.15) is 0 Å². The van der Waals surface area contributed by atoms with E-state index in [4.69, 9.17) is 5.73 Å². The van der Waals surface area contributed by atoms with Crippen molar-refractivity contribution in [3.8, 4) is 0 Å². The Kier molecular flexibility index (Phi) is 4.86. The molecule has 0 aliphatic heterocycles. The van der Waals surface area contributed by atoms with Crippen LogP contribution in [0.3, 0.4) is 0 Å². The molecule has 0 aliphatic rings. The van der Waals surface area contributed by atoms with Crippen molar-refractivity contribution in [2.45, 2.75) is 39.2 Å². The number of carbonyl (C=O) groups excluding carboxylic acids is 1. The van der Waals surface area contributed by atoms with Crippen LogP contribution in [0.5, 0.6) is 0 Å². The van der Waals surface area contributed by atoms with E-state index in [2.05, 4.69) is 0 Å². The summed E-state index contributed by atoms with van der Waals surface area (Å²) >= 11 is 0. The van der Waals surface area contributed by atoms with Crippen LogP contribution in [-0.2, 0) is 4.79 Å². The van der Waals surface area contributed by atoms with E-state index >= 15 is 0 Å². The van der Waals surface area contributed by atoms with Crippen molar-refractivity contribution in [2.75, 3.05) is 0 Å². The van der Waals surface area contributed by atoms with Gasteiger partial charge in [-0.05, 0) is 18.8 Å². The fourth-order valence-electron chi connectivity index (χ4n) is 0.971. The predicted molar refractivity (Wildman–Crippen MR) is 43.9 cm³/mol. The predicted octanol–water partition coefficient (Wildman–Crippen LogP) is 0.659. The molecule has 0 heterocycles. The Morgan fingerprint density at radius 2 is 2.09 bits per heavy atom. The van der Waals surface area contributed by atoms with Gasteiger partial charge >= 0.3 is 0 Å². The van der Waals surface area contributed by atoms with E-state index in [1.165, 1.54) is 0 Å². The van der Waals surface area contributed by atoms with E-state index in [1.54, 1.807) is 0 Å². The minimum atomic E-state index is -0.373. The second-order valence-electron chi connectivity index (χ2n) is 3.29. The molecule has 66 valence electrons. The quantitative estimate of drug-likeness (QED) is 0.619. The van der Waals surface area contributed by atoms with Gasteiger partial charge in [-0.1, -0.05) is 13.8 Å². The standard InChI is InChI=1S/C8H17NO2/c1-6(2)5-7(10)3-4-8(9)11/h6-7,10H,3-5H2,1-2H3,(H2,9,11). The Morgan fingerprint density at radius 1 is 1.55 bits per heavy atom. The normalized spacial score (nSPS) is 13.5. The Labute approximate surface area is 67.6 Å². The number of hydrogen-bond donors (Lipinski definition) is 2. The van der Waals surface area contributed by atoms with Crippen molar-refractivity contribution in [3.05, 3.63) is 0 Å². The fourth-order valence-corrected chi connectivity index (χ4v) is 0.971. The molecular formula is C8H17NO2. The van der Waals surface area contributed by atoms with E-state index in [0.29, 0.717) is 12.3 Å². The van der Waals surface area contributed by atoms with Crippen LogP contribution in [0.25, 0.3) is 0 Å². The van der Waals surface area contributed by atoms with Gasteiger partial charge in [-0.25, -0.2) is 0 Å². The molecule has 0 spiro atoms. The molecule has 1 atom stereocenters. The Balaban J connectivity index is 3.37. The van der Waals surface area contributed by atoms with Gasteiger partial charge in [0.05, 0.1) is 6.10 Å². The molecule has 0 bridgehead atoms. The largest absolute Gasteiger partial charge is 0.393 e. The van der Waals surface area contributed by atoms with E-state index in [0.717, 1.165) is 6.42 Å². The van der Waals surface area contributed by atoms with Crippen LogP contribution in [0, 0.1) is 5.92 Å². The summed E-state index contributed by atoms with van der Waals surface area (Å²) in [6.07, 6.45) is 1.15. The minimum Gasteiger partial charge on any atom is -0.393 e. The highest BCUT2D eigenvalue weighted by Crippen LogP contribution is 2.08. The van der Waals surface area contributed by atoms with Crippen LogP contribution in [0.1, 0.15) is 33.1 Å². The molecule has 1 amide bonds. The first kappa shape index (κ1) is 10.4. The summed E-state index contributed by atoms with van der Waals surface area (Å²) in [5, 5.41) is 9.26. The van der Waals surface area contributed by atoms with Crippen LogP contribution in [0.2, 0.25) is 0 Å². The van der Waals surface area contributed by atoms with Gasteiger partial charge in [0, 0.05) is 6.42 Å². The first-order chi connectivity index (χ1) is 5.02. The molecule has 1 unspecified atom stereocenters. The van der Waals surface area contributed by atoms with Crippen LogP contribution in [-0.4, -0.2) is 17.1 Å². The third-order valence-electron chi connectivity index (χ3n) is 1.47. The zero-order valence-electron chi connectivity index (χ0n) is 7.21. The van der Waals surface area contributed by atoms with E-state index in [-0.39, 0.29) is 18.4 Å². The van der Waals surface area contributed by atoms with Crippen molar-refractivity contribution >= 4 is 5.91 Å². The van der Waals surface area contributed by atoms with Gasteiger partial charge in [-0.2, -0.15) is 0 Å². The zero-order valence-corrected chi connectivity index (χ0v) is 7.21. The topological polar surface area (TPSA) is 63.3 Å². The number of rotatable bonds is 5. The van der Waals surface area contributed by atoms with E-state index in [1.807, 2.05) is 13.8 Å². The monoisotopic (exact) mass is 159 g/mol. The average Bonchev–Trinajstić information content (AvgIpc) is 1.82. The van der Waals surface area contributed by atoms with E-state index < -0.39 is 0 Å². The maximum atomic E-state index is 10.3.